The quantitative estimate of drug-likeness (QED) is 0.489. The van der Waals surface area contributed by atoms with Crippen LogP contribution in [-0.4, -0.2) is 11.2 Å². The molecule has 1 aliphatic carbocycles. The molecule has 1 aromatic rings. The van der Waals surface area contributed by atoms with E-state index in [1.165, 1.54) is 37.7 Å². The van der Waals surface area contributed by atoms with Gasteiger partial charge in [-0.1, -0.05) is 37.0 Å². The van der Waals surface area contributed by atoms with Crippen LogP contribution in [0.5, 0.6) is 0 Å². The van der Waals surface area contributed by atoms with Gasteiger partial charge < -0.3 is 5.32 Å². The van der Waals surface area contributed by atoms with Crippen molar-refractivity contribution in [3.63, 3.8) is 0 Å². The highest BCUT2D eigenvalue weighted by atomic mass is 32.1. The Morgan fingerprint density at radius 2 is 1.83 bits per heavy atom. The first kappa shape index (κ1) is 13.3. The Hall–Kier alpha value is -1.13. The van der Waals surface area contributed by atoms with Gasteiger partial charge in [0.1, 0.15) is 0 Å². The smallest absolute Gasteiger partial charge is 0.188 e. The zero-order valence-corrected chi connectivity index (χ0v) is 11.7. The molecule has 0 aliphatic heterocycles. The van der Waals surface area contributed by atoms with Crippen molar-refractivity contribution < 1.29 is 0 Å². The summed E-state index contributed by atoms with van der Waals surface area (Å²) in [6.07, 6.45) is 6.31. The maximum atomic E-state index is 6.04. The second kappa shape index (κ2) is 6.16. The van der Waals surface area contributed by atoms with Crippen LogP contribution in [0.1, 0.15) is 37.7 Å². The highest BCUT2D eigenvalue weighted by Crippen LogP contribution is 2.18. The number of rotatable bonds is 2. The number of thiocarbonyl (C=S) groups is 1. The number of nitrogens with one attached hydrogen (secondary N) is 1. The third kappa shape index (κ3) is 3.43. The van der Waals surface area contributed by atoms with E-state index in [1.807, 2.05) is 24.3 Å². The molecule has 18 heavy (non-hydrogen) atoms. The van der Waals surface area contributed by atoms with E-state index in [9.17, 15) is 0 Å². The molecule has 0 aromatic heterocycles. The number of hydrogen-bond acceptors (Lipinski definition) is 2. The first-order chi connectivity index (χ1) is 8.66. The van der Waals surface area contributed by atoms with E-state index in [2.05, 4.69) is 12.2 Å². The molecule has 3 N–H and O–H groups in total. The first-order valence-corrected chi connectivity index (χ1v) is 6.99. The fourth-order valence-corrected chi connectivity index (χ4v) is 2.59. The SMILES string of the molecule is Cc1ccc(N(N)C(=S)NC2CCCCC2)cc1. The molecule has 0 spiro atoms. The summed E-state index contributed by atoms with van der Waals surface area (Å²) in [5.41, 5.74) is 2.15. The summed E-state index contributed by atoms with van der Waals surface area (Å²) in [6, 6.07) is 8.55. The Labute approximate surface area is 114 Å². The molecule has 3 nitrogen and oxygen atoms in total. The summed E-state index contributed by atoms with van der Waals surface area (Å²) in [5, 5.41) is 5.54. The summed E-state index contributed by atoms with van der Waals surface area (Å²) in [4.78, 5) is 0. The number of hydrazine groups is 1. The van der Waals surface area contributed by atoms with Gasteiger partial charge >= 0.3 is 0 Å². The molecule has 1 aliphatic rings. The molecule has 1 saturated carbocycles. The molecule has 0 atom stereocenters. The average Bonchev–Trinajstić information content (AvgIpc) is 2.40. The monoisotopic (exact) mass is 263 g/mol. The van der Waals surface area contributed by atoms with E-state index < -0.39 is 0 Å². The first-order valence-electron chi connectivity index (χ1n) is 6.59. The lowest BCUT2D eigenvalue weighted by Crippen LogP contribution is -2.48. The van der Waals surface area contributed by atoms with Crippen LogP contribution in [0.25, 0.3) is 0 Å². The van der Waals surface area contributed by atoms with E-state index >= 15 is 0 Å². The van der Waals surface area contributed by atoms with Crippen molar-refractivity contribution >= 4 is 23.0 Å². The summed E-state index contributed by atoms with van der Waals surface area (Å²) in [7, 11) is 0. The van der Waals surface area contributed by atoms with Crippen LogP contribution in [0.2, 0.25) is 0 Å². The minimum absolute atomic E-state index is 0.489. The Morgan fingerprint density at radius 1 is 1.22 bits per heavy atom. The Morgan fingerprint density at radius 3 is 2.44 bits per heavy atom. The topological polar surface area (TPSA) is 41.3 Å². The number of nitrogens with two attached hydrogens (primary N) is 1. The normalized spacial score (nSPS) is 16.3. The molecule has 0 bridgehead atoms. The van der Waals surface area contributed by atoms with Crippen molar-refractivity contribution in [2.24, 2.45) is 5.84 Å². The Balaban J connectivity index is 1.93. The molecule has 4 heteroatoms. The van der Waals surface area contributed by atoms with Crippen molar-refractivity contribution in [2.45, 2.75) is 45.1 Å². The van der Waals surface area contributed by atoms with Gasteiger partial charge in [0.05, 0.1) is 5.69 Å². The lowest BCUT2D eigenvalue weighted by Gasteiger charge is -2.28. The van der Waals surface area contributed by atoms with Gasteiger partial charge in [-0.2, -0.15) is 0 Å². The molecule has 2 rings (SSSR count). The summed E-state index contributed by atoms with van der Waals surface area (Å²) < 4.78 is 0. The van der Waals surface area contributed by atoms with Crippen LogP contribution in [-0.2, 0) is 0 Å². The molecule has 0 saturated heterocycles. The lowest BCUT2D eigenvalue weighted by atomic mass is 9.96. The standard InChI is InChI=1S/C14H21N3S/c1-11-7-9-13(10-8-11)17(15)14(18)16-12-5-3-2-4-6-12/h7-10,12H,2-6,15H2,1H3,(H,16,18). The van der Waals surface area contributed by atoms with Crippen LogP contribution in [0.4, 0.5) is 5.69 Å². The zero-order valence-electron chi connectivity index (χ0n) is 10.9. The zero-order chi connectivity index (χ0) is 13.0. The Kier molecular flexibility index (Phi) is 4.55. The summed E-state index contributed by atoms with van der Waals surface area (Å²) >= 11 is 5.36. The van der Waals surface area contributed by atoms with Crippen LogP contribution < -0.4 is 16.2 Å². The number of anilines is 1. The van der Waals surface area contributed by atoms with Gasteiger partial charge in [-0.05, 0) is 44.1 Å². The van der Waals surface area contributed by atoms with Gasteiger partial charge in [0.2, 0.25) is 0 Å². The molecule has 0 unspecified atom stereocenters. The van der Waals surface area contributed by atoms with Gasteiger partial charge in [-0.25, -0.2) is 5.84 Å². The number of nitrogens with zero attached hydrogens (tertiary/aromatic N) is 1. The molecular weight excluding hydrogens is 242 g/mol. The second-order valence-electron chi connectivity index (χ2n) is 4.99. The second-order valence-corrected chi connectivity index (χ2v) is 5.38. The van der Waals surface area contributed by atoms with Gasteiger partial charge in [0.25, 0.3) is 0 Å². The van der Waals surface area contributed by atoms with Crippen LogP contribution in [0, 0.1) is 6.92 Å². The van der Waals surface area contributed by atoms with Crippen LogP contribution in [0.15, 0.2) is 24.3 Å². The van der Waals surface area contributed by atoms with Gasteiger partial charge in [-0.3, -0.25) is 5.01 Å². The maximum absolute atomic E-state index is 6.04. The predicted molar refractivity (Wildman–Crippen MR) is 80.5 cm³/mol. The fraction of sp³-hybridized carbons (Fsp3) is 0.500. The summed E-state index contributed by atoms with van der Waals surface area (Å²) in [6.45, 7) is 2.06. The van der Waals surface area contributed by atoms with E-state index in [0.29, 0.717) is 11.2 Å². The van der Waals surface area contributed by atoms with Crippen molar-refractivity contribution in [2.75, 3.05) is 5.01 Å². The van der Waals surface area contributed by atoms with Crippen LogP contribution in [0.3, 0.4) is 0 Å². The number of hydrogen-bond donors (Lipinski definition) is 2. The van der Waals surface area contributed by atoms with Crippen molar-refractivity contribution in [1.29, 1.82) is 0 Å². The number of aryl methyl sites for hydroxylation is 1. The molecular formula is C14H21N3S. The largest absolute Gasteiger partial charge is 0.358 e. The maximum Gasteiger partial charge on any atom is 0.188 e. The van der Waals surface area contributed by atoms with Crippen LogP contribution >= 0.6 is 12.2 Å². The lowest BCUT2D eigenvalue weighted by molar-refractivity contribution is 0.413. The van der Waals surface area contributed by atoms with E-state index in [0.717, 1.165) is 5.69 Å². The van der Waals surface area contributed by atoms with Gasteiger partial charge in [0.15, 0.2) is 5.11 Å². The molecule has 1 fully saturated rings. The summed E-state index contributed by atoms with van der Waals surface area (Å²) in [5.74, 6) is 6.04. The third-order valence-corrected chi connectivity index (χ3v) is 3.78. The van der Waals surface area contributed by atoms with E-state index in [4.69, 9.17) is 18.1 Å². The number of benzene rings is 1. The van der Waals surface area contributed by atoms with Crippen molar-refractivity contribution in [3.8, 4) is 0 Å². The van der Waals surface area contributed by atoms with E-state index in [-0.39, 0.29) is 0 Å². The minimum Gasteiger partial charge on any atom is -0.358 e. The molecule has 0 radical (unpaired) electrons. The highest BCUT2D eigenvalue weighted by molar-refractivity contribution is 7.80. The van der Waals surface area contributed by atoms with Gasteiger partial charge in [-0.15, -0.1) is 0 Å². The molecule has 98 valence electrons. The molecule has 0 heterocycles. The Bertz CT molecular complexity index is 396. The third-order valence-electron chi connectivity index (χ3n) is 3.46. The molecule has 0 amide bonds. The van der Waals surface area contributed by atoms with E-state index in [1.54, 1.807) is 5.01 Å². The predicted octanol–water partition coefficient (Wildman–Crippen LogP) is 2.88. The highest BCUT2D eigenvalue weighted by Gasteiger charge is 2.16. The fourth-order valence-electron chi connectivity index (χ4n) is 2.31. The van der Waals surface area contributed by atoms with Crippen molar-refractivity contribution in [1.82, 2.24) is 5.32 Å². The van der Waals surface area contributed by atoms with Gasteiger partial charge in [0, 0.05) is 6.04 Å². The molecule has 1 aromatic carbocycles. The average molecular weight is 263 g/mol. The van der Waals surface area contributed by atoms with Crippen molar-refractivity contribution in [3.05, 3.63) is 29.8 Å². The minimum atomic E-state index is 0.489.